The second kappa shape index (κ2) is 6.12. The van der Waals surface area contributed by atoms with Crippen LogP contribution in [0, 0.1) is 0 Å². The van der Waals surface area contributed by atoms with E-state index in [9.17, 15) is 0 Å². The average Bonchev–Trinajstić information content (AvgIpc) is 2.49. The molecule has 0 aliphatic heterocycles. The van der Waals surface area contributed by atoms with E-state index in [0.717, 1.165) is 22.2 Å². The second-order valence-corrected chi connectivity index (χ2v) is 5.31. The zero-order chi connectivity index (χ0) is 14.7. The molecule has 3 rings (SSSR count). The molecular formula is C16H11Cl2N3. The number of pyridine rings is 1. The molecule has 0 spiro atoms. The van der Waals surface area contributed by atoms with E-state index >= 15 is 0 Å². The van der Waals surface area contributed by atoms with Crippen LogP contribution in [0.3, 0.4) is 0 Å². The fourth-order valence-corrected chi connectivity index (χ4v) is 2.24. The lowest BCUT2D eigenvalue weighted by Gasteiger charge is -2.05. The molecular weight excluding hydrogens is 305 g/mol. The number of aromatic nitrogens is 1. The summed E-state index contributed by atoms with van der Waals surface area (Å²) in [6, 6.07) is 14.9. The third-order valence-corrected chi connectivity index (χ3v) is 3.46. The minimum atomic E-state index is 0.664. The molecule has 0 bridgehead atoms. The van der Waals surface area contributed by atoms with Crippen molar-refractivity contribution < 1.29 is 0 Å². The van der Waals surface area contributed by atoms with Crippen molar-refractivity contribution in [2.75, 3.05) is 5.43 Å². The third kappa shape index (κ3) is 3.32. The fraction of sp³-hybridized carbons (Fsp3) is 0. The van der Waals surface area contributed by atoms with Gasteiger partial charge in [0, 0.05) is 21.6 Å². The predicted molar refractivity (Wildman–Crippen MR) is 89.4 cm³/mol. The molecule has 3 nitrogen and oxygen atoms in total. The lowest BCUT2D eigenvalue weighted by Crippen LogP contribution is -1.92. The molecule has 0 saturated carbocycles. The van der Waals surface area contributed by atoms with Crippen LogP contribution in [0.25, 0.3) is 10.9 Å². The summed E-state index contributed by atoms with van der Waals surface area (Å²) in [5.41, 5.74) is 5.69. The van der Waals surface area contributed by atoms with Crippen molar-refractivity contribution >= 4 is 46.0 Å². The Kier molecular flexibility index (Phi) is 4.04. The number of halogens is 2. The Morgan fingerprint density at radius 1 is 0.952 bits per heavy atom. The number of nitrogens with one attached hydrogen (secondary N) is 1. The molecule has 0 fully saturated rings. The Morgan fingerprint density at radius 2 is 1.71 bits per heavy atom. The highest BCUT2D eigenvalue weighted by molar-refractivity contribution is 6.31. The summed E-state index contributed by atoms with van der Waals surface area (Å²) in [6.45, 7) is 0. The van der Waals surface area contributed by atoms with Gasteiger partial charge in [0.1, 0.15) is 0 Å². The molecule has 0 aliphatic carbocycles. The van der Waals surface area contributed by atoms with Gasteiger partial charge in [-0.25, -0.2) is 0 Å². The minimum absolute atomic E-state index is 0.664. The topological polar surface area (TPSA) is 37.3 Å². The second-order valence-electron chi connectivity index (χ2n) is 4.44. The summed E-state index contributed by atoms with van der Waals surface area (Å²) in [5, 5.41) is 6.57. The van der Waals surface area contributed by atoms with Gasteiger partial charge in [-0.1, -0.05) is 35.3 Å². The number of benzene rings is 2. The molecule has 0 saturated heterocycles. The van der Waals surface area contributed by atoms with E-state index in [2.05, 4.69) is 15.5 Å². The number of rotatable bonds is 3. The van der Waals surface area contributed by atoms with Gasteiger partial charge in [-0.05, 0) is 42.0 Å². The lowest BCUT2D eigenvalue weighted by atomic mass is 10.2. The molecule has 0 atom stereocenters. The van der Waals surface area contributed by atoms with Crippen LogP contribution in [0.2, 0.25) is 10.0 Å². The summed E-state index contributed by atoms with van der Waals surface area (Å²) in [4.78, 5) is 4.29. The maximum atomic E-state index is 5.97. The highest BCUT2D eigenvalue weighted by Crippen LogP contribution is 2.24. The standard InChI is InChI=1S/C16H11Cl2N3/c17-12-3-1-11(2-4-12)10-20-21-15-7-8-19-16-9-13(18)5-6-14(15)16/h1-10H,(H,19,21)/b20-10-. The monoisotopic (exact) mass is 315 g/mol. The molecule has 104 valence electrons. The Bertz CT molecular complexity index is 798. The number of anilines is 1. The predicted octanol–water partition coefficient (Wildman–Crippen LogP) is 4.99. The van der Waals surface area contributed by atoms with Crippen molar-refractivity contribution in [1.82, 2.24) is 4.98 Å². The molecule has 1 aromatic heterocycles. The molecule has 5 heteroatoms. The first-order chi connectivity index (χ1) is 10.2. The Morgan fingerprint density at radius 3 is 2.52 bits per heavy atom. The van der Waals surface area contributed by atoms with Gasteiger partial charge in [-0.3, -0.25) is 10.4 Å². The molecule has 3 aromatic rings. The van der Waals surface area contributed by atoms with Crippen molar-refractivity contribution in [2.45, 2.75) is 0 Å². The van der Waals surface area contributed by atoms with Gasteiger partial charge in [0.2, 0.25) is 0 Å². The van der Waals surface area contributed by atoms with Crippen LogP contribution >= 0.6 is 23.2 Å². The smallest absolute Gasteiger partial charge is 0.0738 e. The van der Waals surface area contributed by atoms with Gasteiger partial charge < -0.3 is 0 Å². The van der Waals surface area contributed by atoms with E-state index in [-0.39, 0.29) is 0 Å². The van der Waals surface area contributed by atoms with E-state index in [1.54, 1.807) is 12.4 Å². The largest absolute Gasteiger partial charge is 0.278 e. The maximum Gasteiger partial charge on any atom is 0.0738 e. The normalized spacial score (nSPS) is 11.1. The van der Waals surface area contributed by atoms with Gasteiger partial charge in [-0.15, -0.1) is 0 Å². The first-order valence-corrected chi connectivity index (χ1v) is 7.07. The highest BCUT2D eigenvalue weighted by Gasteiger charge is 2.01. The first-order valence-electron chi connectivity index (χ1n) is 6.31. The van der Waals surface area contributed by atoms with Crippen LogP contribution in [0.5, 0.6) is 0 Å². The minimum Gasteiger partial charge on any atom is -0.278 e. The van der Waals surface area contributed by atoms with E-state index in [0.29, 0.717) is 10.0 Å². The average molecular weight is 316 g/mol. The SMILES string of the molecule is Clc1ccc(/C=N\Nc2ccnc3cc(Cl)ccc23)cc1. The molecule has 2 aromatic carbocycles. The Hall–Kier alpha value is -2.10. The van der Waals surface area contributed by atoms with Gasteiger partial charge in [0.15, 0.2) is 0 Å². The molecule has 21 heavy (non-hydrogen) atoms. The van der Waals surface area contributed by atoms with Crippen molar-refractivity contribution in [3.8, 4) is 0 Å². The summed E-state index contributed by atoms with van der Waals surface area (Å²) < 4.78 is 0. The Labute approximate surface area is 132 Å². The van der Waals surface area contributed by atoms with Crippen molar-refractivity contribution in [3.63, 3.8) is 0 Å². The van der Waals surface area contributed by atoms with Crippen LogP contribution in [-0.4, -0.2) is 11.2 Å². The zero-order valence-corrected chi connectivity index (χ0v) is 12.4. The third-order valence-electron chi connectivity index (χ3n) is 2.97. The number of nitrogens with zero attached hydrogens (tertiary/aromatic N) is 2. The summed E-state index contributed by atoms with van der Waals surface area (Å²) in [6.07, 6.45) is 3.46. The van der Waals surface area contributed by atoms with Gasteiger partial charge in [-0.2, -0.15) is 5.10 Å². The van der Waals surface area contributed by atoms with Crippen LogP contribution in [0.15, 0.2) is 59.8 Å². The molecule has 0 amide bonds. The van der Waals surface area contributed by atoms with E-state index in [4.69, 9.17) is 23.2 Å². The number of hydrazone groups is 1. The summed E-state index contributed by atoms with van der Waals surface area (Å²) in [7, 11) is 0. The fourth-order valence-electron chi connectivity index (χ4n) is 1.94. The van der Waals surface area contributed by atoms with Gasteiger partial charge in [0.25, 0.3) is 0 Å². The van der Waals surface area contributed by atoms with Gasteiger partial charge in [0.05, 0.1) is 17.4 Å². The van der Waals surface area contributed by atoms with Crippen molar-refractivity contribution in [3.05, 3.63) is 70.3 Å². The van der Waals surface area contributed by atoms with Crippen LogP contribution in [0.1, 0.15) is 5.56 Å². The molecule has 1 N–H and O–H groups in total. The number of fused-ring (bicyclic) bond motifs is 1. The van der Waals surface area contributed by atoms with Crippen LogP contribution in [0.4, 0.5) is 5.69 Å². The zero-order valence-electron chi connectivity index (χ0n) is 10.9. The molecule has 0 radical (unpaired) electrons. The molecule has 0 unspecified atom stereocenters. The van der Waals surface area contributed by atoms with Crippen molar-refractivity contribution in [2.24, 2.45) is 5.10 Å². The number of hydrogen-bond acceptors (Lipinski definition) is 3. The highest BCUT2D eigenvalue weighted by atomic mass is 35.5. The Balaban J connectivity index is 1.83. The molecule has 0 aliphatic rings. The van der Waals surface area contributed by atoms with Gasteiger partial charge >= 0.3 is 0 Å². The number of hydrogen-bond donors (Lipinski definition) is 1. The quantitative estimate of drug-likeness (QED) is 0.546. The van der Waals surface area contributed by atoms with E-state index < -0.39 is 0 Å². The maximum absolute atomic E-state index is 5.97. The van der Waals surface area contributed by atoms with Crippen molar-refractivity contribution in [1.29, 1.82) is 0 Å². The lowest BCUT2D eigenvalue weighted by molar-refractivity contribution is 1.33. The van der Waals surface area contributed by atoms with E-state index in [1.165, 1.54) is 0 Å². The summed E-state index contributed by atoms with van der Waals surface area (Å²) in [5.74, 6) is 0. The van der Waals surface area contributed by atoms with Crippen LogP contribution < -0.4 is 5.43 Å². The first kappa shape index (κ1) is 13.9. The van der Waals surface area contributed by atoms with E-state index in [1.807, 2.05) is 48.5 Å². The summed E-state index contributed by atoms with van der Waals surface area (Å²) >= 11 is 11.8. The molecule has 1 heterocycles. The van der Waals surface area contributed by atoms with Crippen LogP contribution in [-0.2, 0) is 0 Å².